The first kappa shape index (κ1) is 7.17. The van der Waals surface area contributed by atoms with E-state index in [-0.39, 0.29) is 0 Å². The summed E-state index contributed by atoms with van der Waals surface area (Å²) in [5.74, 6) is 0.316. The normalized spacial score (nSPS) is 15.0. The van der Waals surface area contributed by atoms with Crippen LogP contribution in [0.4, 0.5) is 0 Å². The summed E-state index contributed by atoms with van der Waals surface area (Å²) in [6.45, 7) is 7.82. The first-order chi connectivity index (χ1) is 5.68. The van der Waals surface area contributed by atoms with E-state index in [1.807, 2.05) is 6.07 Å². The van der Waals surface area contributed by atoms with Crippen molar-refractivity contribution in [3.05, 3.63) is 48.1 Å². The largest absolute Gasteiger partial charge is 0.508 e. The van der Waals surface area contributed by atoms with E-state index in [0.29, 0.717) is 5.75 Å². The molecule has 1 aromatic carbocycles. The van der Waals surface area contributed by atoms with Crippen LogP contribution in [0, 0.1) is 0 Å². The Morgan fingerprint density at radius 2 is 2.00 bits per heavy atom. The van der Waals surface area contributed by atoms with Crippen LogP contribution in [0.2, 0.25) is 0 Å². The van der Waals surface area contributed by atoms with E-state index < -0.39 is 0 Å². The van der Waals surface area contributed by atoms with Crippen molar-refractivity contribution in [2.24, 2.45) is 0 Å². The van der Waals surface area contributed by atoms with Crippen molar-refractivity contribution in [2.75, 3.05) is 0 Å². The Morgan fingerprint density at radius 3 is 2.75 bits per heavy atom. The quantitative estimate of drug-likeness (QED) is 0.615. The highest BCUT2D eigenvalue weighted by Gasteiger charge is 2.17. The molecule has 0 aromatic heterocycles. The van der Waals surface area contributed by atoms with Crippen molar-refractivity contribution in [1.29, 1.82) is 0 Å². The van der Waals surface area contributed by atoms with E-state index in [1.165, 1.54) is 0 Å². The minimum atomic E-state index is 0.316. The number of phenolic OH excluding ortho intramolecular Hbond substituents is 1. The Bertz CT molecular complexity index is 375. The predicted molar refractivity (Wildman–Crippen MR) is 50.0 cm³/mol. The Labute approximate surface area is 71.7 Å². The van der Waals surface area contributed by atoms with E-state index in [9.17, 15) is 5.11 Å². The number of phenols is 1. The van der Waals surface area contributed by atoms with Crippen molar-refractivity contribution in [2.45, 2.75) is 6.42 Å². The fraction of sp³-hybridized carbons (Fsp3) is 0.0909. The van der Waals surface area contributed by atoms with Gasteiger partial charge in [0.15, 0.2) is 0 Å². The molecular weight excluding hydrogens is 148 g/mol. The molecule has 0 heterocycles. The van der Waals surface area contributed by atoms with Crippen LogP contribution < -0.4 is 0 Å². The fourth-order valence-corrected chi connectivity index (χ4v) is 1.55. The third-order valence-corrected chi connectivity index (χ3v) is 2.24. The monoisotopic (exact) mass is 158 g/mol. The summed E-state index contributed by atoms with van der Waals surface area (Å²) in [6, 6.07) is 5.35. The topological polar surface area (TPSA) is 20.2 Å². The zero-order chi connectivity index (χ0) is 8.72. The van der Waals surface area contributed by atoms with Crippen molar-refractivity contribution in [3.8, 4) is 5.75 Å². The average Bonchev–Trinajstić information content (AvgIpc) is 2.28. The highest BCUT2D eigenvalue weighted by atomic mass is 16.3. The molecule has 2 rings (SSSR count). The molecule has 60 valence electrons. The average molecular weight is 158 g/mol. The molecule has 0 fully saturated rings. The molecule has 0 radical (unpaired) electrons. The molecule has 0 unspecified atom stereocenters. The summed E-state index contributed by atoms with van der Waals surface area (Å²) >= 11 is 0. The summed E-state index contributed by atoms with van der Waals surface area (Å²) in [4.78, 5) is 0. The smallest absolute Gasteiger partial charge is 0.115 e. The third-order valence-electron chi connectivity index (χ3n) is 2.24. The van der Waals surface area contributed by atoms with Gasteiger partial charge in [-0.3, -0.25) is 0 Å². The summed E-state index contributed by atoms with van der Waals surface area (Å²) in [5, 5.41) is 9.21. The molecule has 1 nitrogen and oxygen atoms in total. The minimum Gasteiger partial charge on any atom is -0.508 e. The highest BCUT2D eigenvalue weighted by molar-refractivity contribution is 5.84. The summed E-state index contributed by atoms with van der Waals surface area (Å²) in [6.07, 6.45) is 0.822. The number of rotatable bonds is 0. The molecule has 1 heteroatoms. The first-order valence-corrected chi connectivity index (χ1v) is 3.88. The number of fused-ring (bicyclic) bond motifs is 1. The Balaban J connectivity index is 2.62. The Kier molecular flexibility index (Phi) is 1.34. The molecule has 0 saturated heterocycles. The minimum absolute atomic E-state index is 0.316. The van der Waals surface area contributed by atoms with Crippen LogP contribution in [0.15, 0.2) is 36.9 Å². The predicted octanol–water partition coefficient (Wildman–Crippen LogP) is 2.52. The van der Waals surface area contributed by atoms with Gasteiger partial charge in [-0.15, -0.1) is 0 Å². The number of benzene rings is 1. The van der Waals surface area contributed by atoms with Gasteiger partial charge in [-0.25, -0.2) is 0 Å². The van der Waals surface area contributed by atoms with Gasteiger partial charge in [0.05, 0.1) is 0 Å². The van der Waals surface area contributed by atoms with Crippen LogP contribution >= 0.6 is 0 Å². The van der Waals surface area contributed by atoms with Crippen molar-refractivity contribution >= 4 is 5.57 Å². The Morgan fingerprint density at radius 1 is 1.25 bits per heavy atom. The van der Waals surface area contributed by atoms with Gasteiger partial charge in [0.25, 0.3) is 0 Å². The Hall–Kier alpha value is -1.50. The number of hydrogen-bond acceptors (Lipinski definition) is 1. The van der Waals surface area contributed by atoms with E-state index >= 15 is 0 Å². The van der Waals surface area contributed by atoms with Crippen LogP contribution in [-0.4, -0.2) is 5.11 Å². The molecule has 1 aromatic rings. The molecule has 1 N–H and O–H groups in total. The number of aromatic hydroxyl groups is 1. The van der Waals surface area contributed by atoms with Gasteiger partial charge in [-0.1, -0.05) is 19.2 Å². The van der Waals surface area contributed by atoms with Crippen molar-refractivity contribution in [1.82, 2.24) is 0 Å². The molecule has 0 aliphatic heterocycles. The second-order valence-corrected chi connectivity index (χ2v) is 3.10. The summed E-state index contributed by atoms with van der Waals surface area (Å²) < 4.78 is 0. The van der Waals surface area contributed by atoms with Gasteiger partial charge in [0, 0.05) is 0 Å². The molecule has 0 bridgehead atoms. The molecular formula is C11H10O. The molecule has 0 amide bonds. The number of allylic oxidation sites excluding steroid dienone is 2. The van der Waals surface area contributed by atoms with Crippen LogP contribution in [-0.2, 0) is 6.42 Å². The van der Waals surface area contributed by atoms with Crippen LogP contribution in [0.5, 0.6) is 5.75 Å². The molecule has 12 heavy (non-hydrogen) atoms. The second kappa shape index (κ2) is 2.24. The van der Waals surface area contributed by atoms with E-state index in [1.54, 1.807) is 12.1 Å². The summed E-state index contributed by atoms with van der Waals surface area (Å²) in [5.41, 5.74) is 4.31. The lowest BCUT2D eigenvalue weighted by atomic mass is 10.1. The van der Waals surface area contributed by atoms with E-state index in [0.717, 1.165) is 28.7 Å². The van der Waals surface area contributed by atoms with Crippen molar-refractivity contribution in [3.63, 3.8) is 0 Å². The van der Waals surface area contributed by atoms with Crippen LogP contribution in [0.1, 0.15) is 11.1 Å². The maximum Gasteiger partial charge on any atom is 0.115 e. The zero-order valence-electron chi connectivity index (χ0n) is 6.80. The highest BCUT2D eigenvalue weighted by Crippen LogP contribution is 2.35. The standard InChI is InChI=1S/C11H10O/c1-7-5-9-6-10(12)3-4-11(9)8(7)2/h3-4,6,12H,1-2,5H2. The lowest BCUT2D eigenvalue weighted by Gasteiger charge is -1.98. The molecule has 1 aliphatic rings. The molecule has 1 aliphatic carbocycles. The van der Waals surface area contributed by atoms with Crippen molar-refractivity contribution < 1.29 is 5.11 Å². The van der Waals surface area contributed by atoms with Crippen LogP contribution in [0.3, 0.4) is 0 Å². The SMILES string of the molecule is C=C1Cc2cc(O)ccc2C1=C. The summed E-state index contributed by atoms with van der Waals surface area (Å²) in [7, 11) is 0. The van der Waals surface area contributed by atoms with E-state index in [4.69, 9.17) is 0 Å². The fourth-order valence-electron chi connectivity index (χ4n) is 1.55. The molecule has 0 atom stereocenters. The molecule has 0 spiro atoms. The first-order valence-electron chi connectivity index (χ1n) is 3.88. The van der Waals surface area contributed by atoms with Gasteiger partial charge in [0.2, 0.25) is 0 Å². The van der Waals surface area contributed by atoms with Gasteiger partial charge < -0.3 is 5.11 Å². The molecule has 0 saturated carbocycles. The maximum atomic E-state index is 9.21. The van der Waals surface area contributed by atoms with Gasteiger partial charge in [-0.05, 0) is 40.8 Å². The third kappa shape index (κ3) is 0.866. The zero-order valence-corrected chi connectivity index (χ0v) is 6.80. The second-order valence-electron chi connectivity index (χ2n) is 3.10. The van der Waals surface area contributed by atoms with Gasteiger partial charge >= 0.3 is 0 Å². The van der Waals surface area contributed by atoms with Gasteiger partial charge in [0.1, 0.15) is 5.75 Å². The van der Waals surface area contributed by atoms with Gasteiger partial charge in [-0.2, -0.15) is 0 Å². The lowest BCUT2D eigenvalue weighted by molar-refractivity contribution is 0.475. The lowest BCUT2D eigenvalue weighted by Crippen LogP contribution is -1.78. The van der Waals surface area contributed by atoms with Crippen LogP contribution in [0.25, 0.3) is 5.57 Å². The maximum absolute atomic E-state index is 9.21. The number of hydrogen-bond donors (Lipinski definition) is 1. The van der Waals surface area contributed by atoms with E-state index in [2.05, 4.69) is 13.2 Å².